The molecule has 79 valence electrons. The Morgan fingerprint density at radius 3 is 2.64 bits per heavy atom. The van der Waals surface area contributed by atoms with Crippen molar-refractivity contribution in [2.24, 2.45) is 5.92 Å². The van der Waals surface area contributed by atoms with Crippen LogP contribution in [0.25, 0.3) is 0 Å². The summed E-state index contributed by atoms with van der Waals surface area (Å²) in [6.07, 6.45) is 12.9. The second-order valence-corrected chi connectivity index (χ2v) is 5.24. The van der Waals surface area contributed by atoms with Crippen LogP contribution in [0.2, 0.25) is 0 Å². The molecule has 1 radical (unpaired) electrons. The van der Waals surface area contributed by atoms with Crippen molar-refractivity contribution in [2.45, 2.75) is 52.4 Å². The molecule has 1 atom stereocenters. The molecule has 1 aliphatic rings. The molecule has 1 heteroatoms. The molecule has 0 aromatic rings. The average Bonchev–Trinajstić information content (AvgIpc) is 2.70. The van der Waals surface area contributed by atoms with Gasteiger partial charge in [0.1, 0.15) is 0 Å². The van der Waals surface area contributed by atoms with Gasteiger partial charge in [0.05, 0.1) is 0 Å². The lowest BCUT2D eigenvalue weighted by Gasteiger charge is -2.11. The van der Waals surface area contributed by atoms with E-state index in [-0.39, 0.29) is 0 Å². The molecule has 0 N–H and O–H groups in total. The monoisotopic (exact) mass is 209 g/mol. The van der Waals surface area contributed by atoms with Gasteiger partial charge in [-0.1, -0.05) is 63.9 Å². The standard InChI is InChI=1S/C13H22P/c1-3-4-5-6-7-9-12(2)13-10-8-11-14-13/h8,10-12H,3-7,9H2,1-2H3. The first kappa shape index (κ1) is 12.0. The van der Waals surface area contributed by atoms with Crippen LogP contribution in [0.4, 0.5) is 0 Å². The highest BCUT2D eigenvalue weighted by Gasteiger charge is 2.09. The Bertz CT molecular complexity index is 203. The van der Waals surface area contributed by atoms with Gasteiger partial charge in [0.25, 0.3) is 0 Å². The third kappa shape index (κ3) is 4.42. The Labute approximate surface area is 90.6 Å². The van der Waals surface area contributed by atoms with E-state index in [1.165, 1.54) is 47.1 Å². The predicted octanol–water partition coefficient (Wildman–Crippen LogP) is 5.34. The highest BCUT2D eigenvalue weighted by molar-refractivity contribution is 7.47. The summed E-state index contributed by atoms with van der Waals surface area (Å²) < 4.78 is 0. The minimum Gasteiger partial charge on any atom is -0.0654 e. The zero-order valence-corrected chi connectivity index (χ0v) is 10.4. The van der Waals surface area contributed by atoms with E-state index in [1.54, 1.807) is 5.31 Å². The first-order valence-electron chi connectivity index (χ1n) is 5.92. The van der Waals surface area contributed by atoms with Gasteiger partial charge in [-0.25, -0.2) is 0 Å². The topological polar surface area (TPSA) is 0 Å². The number of rotatable bonds is 7. The van der Waals surface area contributed by atoms with Crippen LogP contribution < -0.4 is 0 Å². The normalized spacial score (nSPS) is 18.9. The maximum atomic E-state index is 2.37. The van der Waals surface area contributed by atoms with E-state index in [1.807, 2.05) is 0 Å². The van der Waals surface area contributed by atoms with Crippen molar-refractivity contribution in [3.63, 3.8) is 0 Å². The van der Waals surface area contributed by atoms with Crippen molar-refractivity contribution in [3.8, 4) is 0 Å². The molecule has 0 saturated heterocycles. The molecule has 14 heavy (non-hydrogen) atoms. The highest BCUT2D eigenvalue weighted by atomic mass is 31.1. The van der Waals surface area contributed by atoms with Crippen molar-refractivity contribution in [1.29, 1.82) is 0 Å². The van der Waals surface area contributed by atoms with Crippen LogP contribution in [0.15, 0.2) is 23.3 Å². The van der Waals surface area contributed by atoms with Crippen LogP contribution in [-0.2, 0) is 0 Å². The van der Waals surface area contributed by atoms with E-state index >= 15 is 0 Å². The Kier molecular flexibility index (Phi) is 6.19. The van der Waals surface area contributed by atoms with Crippen LogP contribution in [0.5, 0.6) is 0 Å². The molecule has 0 aliphatic carbocycles. The van der Waals surface area contributed by atoms with Crippen LogP contribution in [0, 0.1) is 5.92 Å². The summed E-state index contributed by atoms with van der Waals surface area (Å²) in [6, 6.07) is 0. The second kappa shape index (κ2) is 7.23. The lowest BCUT2D eigenvalue weighted by molar-refractivity contribution is 0.546. The summed E-state index contributed by atoms with van der Waals surface area (Å²) in [5, 5.41) is 1.61. The quantitative estimate of drug-likeness (QED) is 0.392. The van der Waals surface area contributed by atoms with E-state index < -0.39 is 0 Å². The fourth-order valence-corrected chi connectivity index (χ4v) is 2.71. The maximum absolute atomic E-state index is 2.37. The van der Waals surface area contributed by atoms with E-state index in [4.69, 9.17) is 0 Å². The average molecular weight is 209 g/mol. The van der Waals surface area contributed by atoms with Crippen molar-refractivity contribution >= 4 is 8.58 Å². The fourth-order valence-electron chi connectivity index (χ4n) is 1.81. The molecule has 0 spiro atoms. The highest BCUT2D eigenvalue weighted by Crippen LogP contribution is 2.37. The molecule has 0 saturated carbocycles. The maximum Gasteiger partial charge on any atom is -0.0179 e. The van der Waals surface area contributed by atoms with Gasteiger partial charge in [-0.05, 0) is 26.2 Å². The third-order valence-electron chi connectivity index (χ3n) is 2.82. The molecule has 0 fully saturated rings. The number of allylic oxidation sites excluding steroid dienone is 3. The van der Waals surface area contributed by atoms with E-state index in [0.717, 1.165) is 5.92 Å². The van der Waals surface area contributed by atoms with Gasteiger partial charge in [-0.15, -0.1) is 0 Å². The zero-order valence-electron chi connectivity index (χ0n) is 9.50. The minimum atomic E-state index is 0.799. The van der Waals surface area contributed by atoms with E-state index in [2.05, 4.69) is 31.8 Å². The molecular weight excluding hydrogens is 187 g/mol. The van der Waals surface area contributed by atoms with Gasteiger partial charge >= 0.3 is 0 Å². The Morgan fingerprint density at radius 2 is 2.00 bits per heavy atom. The lowest BCUT2D eigenvalue weighted by atomic mass is 10.0. The zero-order chi connectivity index (χ0) is 10.2. The van der Waals surface area contributed by atoms with Crippen molar-refractivity contribution in [2.75, 3.05) is 0 Å². The molecule has 0 bridgehead atoms. The molecule has 1 heterocycles. The molecule has 0 amide bonds. The summed E-state index contributed by atoms with van der Waals surface area (Å²) in [5.74, 6) is 3.04. The minimum absolute atomic E-state index is 0.799. The summed E-state index contributed by atoms with van der Waals surface area (Å²) in [7, 11) is 1.44. The van der Waals surface area contributed by atoms with Gasteiger partial charge in [-0.3, -0.25) is 0 Å². The van der Waals surface area contributed by atoms with Crippen LogP contribution in [0.1, 0.15) is 52.4 Å². The predicted molar refractivity (Wildman–Crippen MR) is 66.7 cm³/mol. The van der Waals surface area contributed by atoms with Gasteiger partial charge in [0.15, 0.2) is 0 Å². The Morgan fingerprint density at radius 1 is 1.21 bits per heavy atom. The summed E-state index contributed by atoms with van der Waals surface area (Å²) in [5.41, 5.74) is 0. The molecule has 1 unspecified atom stereocenters. The number of hydrogen-bond acceptors (Lipinski definition) is 0. The van der Waals surface area contributed by atoms with E-state index in [9.17, 15) is 0 Å². The van der Waals surface area contributed by atoms with E-state index in [0.29, 0.717) is 0 Å². The molecule has 0 nitrogen and oxygen atoms in total. The Balaban J connectivity index is 2.01. The third-order valence-corrected chi connectivity index (χ3v) is 4.03. The summed E-state index contributed by atoms with van der Waals surface area (Å²) in [6.45, 7) is 4.64. The van der Waals surface area contributed by atoms with Crippen LogP contribution >= 0.6 is 8.58 Å². The second-order valence-electron chi connectivity index (χ2n) is 4.17. The number of hydrogen-bond donors (Lipinski definition) is 0. The molecule has 0 aromatic heterocycles. The van der Waals surface area contributed by atoms with Crippen molar-refractivity contribution in [1.82, 2.24) is 0 Å². The van der Waals surface area contributed by atoms with Crippen molar-refractivity contribution in [3.05, 3.63) is 23.3 Å². The first-order chi connectivity index (χ1) is 6.84. The van der Waals surface area contributed by atoms with Gasteiger partial charge in [-0.2, -0.15) is 0 Å². The number of unbranched alkanes of at least 4 members (excludes halogenated alkanes) is 4. The SMILES string of the molecule is CCCCCCCC(C)C1=CC=C[P]1. The molecule has 0 aromatic carbocycles. The summed E-state index contributed by atoms with van der Waals surface area (Å²) in [4.78, 5) is 0. The lowest BCUT2D eigenvalue weighted by Crippen LogP contribution is -1.94. The fraction of sp³-hybridized carbons (Fsp3) is 0.692. The van der Waals surface area contributed by atoms with Gasteiger partial charge < -0.3 is 0 Å². The molecule has 1 aliphatic heterocycles. The van der Waals surface area contributed by atoms with Crippen LogP contribution in [0.3, 0.4) is 0 Å². The molecular formula is C13H22P. The smallest absolute Gasteiger partial charge is 0.0179 e. The molecule has 1 rings (SSSR count). The Hall–Kier alpha value is -0.0900. The van der Waals surface area contributed by atoms with Crippen molar-refractivity contribution < 1.29 is 0 Å². The summed E-state index contributed by atoms with van der Waals surface area (Å²) >= 11 is 0. The van der Waals surface area contributed by atoms with Crippen LogP contribution in [-0.4, -0.2) is 0 Å². The largest absolute Gasteiger partial charge is 0.0654 e. The van der Waals surface area contributed by atoms with Gasteiger partial charge in [0, 0.05) is 0 Å². The van der Waals surface area contributed by atoms with Gasteiger partial charge in [0.2, 0.25) is 0 Å². The first-order valence-corrected chi connectivity index (χ1v) is 6.88.